The molecule has 0 saturated carbocycles. The molecule has 0 aromatic carbocycles. The van der Waals surface area contributed by atoms with Crippen LogP contribution in [0.2, 0.25) is 0 Å². The molecule has 0 fully saturated rings. The fourth-order valence-corrected chi connectivity index (χ4v) is 3.60. The summed E-state index contributed by atoms with van der Waals surface area (Å²) in [5.74, 6) is 0. The Morgan fingerprint density at radius 3 is 2.84 bits per heavy atom. The van der Waals surface area contributed by atoms with E-state index in [4.69, 9.17) is 5.73 Å². The topological polar surface area (TPSA) is 77.1 Å². The van der Waals surface area contributed by atoms with Gasteiger partial charge < -0.3 is 10.3 Å². The second kappa shape index (κ2) is 5.87. The molecule has 7 heteroatoms. The Balaban J connectivity index is 2.01. The van der Waals surface area contributed by atoms with Crippen molar-refractivity contribution in [1.29, 1.82) is 0 Å². The number of hydrogen-bond donors (Lipinski definition) is 2. The van der Waals surface area contributed by atoms with E-state index in [1.54, 1.807) is 35.2 Å². The fourth-order valence-electron chi connectivity index (χ4n) is 1.77. The van der Waals surface area contributed by atoms with Crippen LogP contribution in [0.25, 0.3) is 0 Å². The smallest absolute Gasteiger partial charge is 0.242 e. The van der Waals surface area contributed by atoms with E-state index >= 15 is 0 Å². The number of sulfonamides is 1. The molecule has 2 aromatic rings. The Bertz CT molecular complexity index is 630. The van der Waals surface area contributed by atoms with Gasteiger partial charge in [-0.15, -0.1) is 0 Å². The second-order valence-electron chi connectivity index (χ2n) is 4.26. The molecule has 0 bridgehead atoms. The molecular formula is C12H17N3O2S2. The van der Waals surface area contributed by atoms with E-state index in [9.17, 15) is 8.42 Å². The number of nitrogens with zero attached hydrogens (tertiary/aromatic N) is 1. The van der Waals surface area contributed by atoms with Gasteiger partial charge in [0, 0.05) is 32.0 Å². The molecule has 0 unspecified atom stereocenters. The van der Waals surface area contributed by atoms with Gasteiger partial charge in [-0.2, -0.15) is 11.3 Å². The van der Waals surface area contributed by atoms with E-state index in [-0.39, 0.29) is 4.90 Å². The van der Waals surface area contributed by atoms with Gasteiger partial charge in [-0.25, -0.2) is 13.1 Å². The molecule has 2 heterocycles. The van der Waals surface area contributed by atoms with E-state index in [1.165, 1.54) is 0 Å². The molecule has 2 aromatic heterocycles. The van der Waals surface area contributed by atoms with Gasteiger partial charge in [-0.05, 0) is 34.9 Å². The molecule has 0 atom stereocenters. The number of nitrogens with two attached hydrogens (primary N) is 1. The Morgan fingerprint density at radius 1 is 1.47 bits per heavy atom. The third-order valence-corrected chi connectivity index (χ3v) is 5.05. The highest BCUT2D eigenvalue weighted by Gasteiger charge is 2.16. The van der Waals surface area contributed by atoms with Crippen molar-refractivity contribution in [3.63, 3.8) is 0 Å². The summed E-state index contributed by atoms with van der Waals surface area (Å²) in [6.45, 7) is 0.715. The largest absolute Gasteiger partial charge is 0.352 e. The molecule has 5 nitrogen and oxygen atoms in total. The molecule has 0 aliphatic heterocycles. The highest BCUT2D eigenvalue weighted by molar-refractivity contribution is 7.89. The number of nitrogens with one attached hydrogen (secondary N) is 1. The van der Waals surface area contributed by atoms with Crippen molar-refractivity contribution < 1.29 is 8.42 Å². The quantitative estimate of drug-likeness (QED) is 0.837. The zero-order chi connectivity index (χ0) is 13.9. The number of thiophene rings is 1. The zero-order valence-electron chi connectivity index (χ0n) is 10.7. The maximum absolute atomic E-state index is 12.1. The van der Waals surface area contributed by atoms with Crippen LogP contribution in [0.4, 0.5) is 0 Å². The average Bonchev–Trinajstić information content (AvgIpc) is 2.98. The van der Waals surface area contributed by atoms with Crippen molar-refractivity contribution in [1.82, 2.24) is 9.29 Å². The van der Waals surface area contributed by atoms with E-state index in [0.29, 0.717) is 19.5 Å². The maximum atomic E-state index is 12.1. The van der Waals surface area contributed by atoms with Crippen molar-refractivity contribution in [3.05, 3.63) is 40.3 Å². The van der Waals surface area contributed by atoms with E-state index in [1.807, 2.05) is 16.8 Å². The van der Waals surface area contributed by atoms with Crippen molar-refractivity contribution in [2.75, 3.05) is 6.54 Å². The number of aromatic nitrogens is 1. The van der Waals surface area contributed by atoms with Crippen LogP contribution in [0, 0.1) is 0 Å². The molecule has 0 aliphatic carbocycles. The molecule has 0 aliphatic rings. The lowest BCUT2D eigenvalue weighted by Crippen LogP contribution is -2.25. The summed E-state index contributed by atoms with van der Waals surface area (Å²) in [5, 5.41) is 4.00. The van der Waals surface area contributed by atoms with Crippen molar-refractivity contribution in [2.24, 2.45) is 12.8 Å². The molecule has 3 N–H and O–H groups in total. The van der Waals surface area contributed by atoms with Gasteiger partial charge in [0.05, 0.1) is 4.90 Å². The van der Waals surface area contributed by atoms with Crippen LogP contribution in [-0.2, 0) is 30.0 Å². The van der Waals surface area contributed by atoms with Gasteiger partial charge in [0.2, 0.25) is 10.0 Å². The van der Waals surface area contributed by atoms with Gasteiger partial charge in [0.15, 0.2) is 0 Å². The molecule has 0 spiro atoms. The van der Waals surface area contributed by atoms with Crippen molar-refractivity contribution >= 4 is 21.4 Å². The Morgan fingerprint density at radius 2 is 2.26 bits per heavy atom. The minimum atomic E-state index is -3.45. The molecule has 19 heavy (non-hydrogen) atoms. The summed E-state index contributed by atoms with van der Waals surface area (Å²) in [5.41, 5.74) is 7.47. The summed E-state index contributed by atoms with van der Waals surface area (Å²) in [4.78, 5) is 0.265. The second-order valence-corrected chi connectivity index (χ2v) is 6.81. The standard InChI is InChI=1S/C12H17N3O2S2/c1-15-8-12(6-11(15)7-13)19(16,17)14-4-2-10-3-5-18-9-10/h3,5-6,8-9,14H,2,4,7,13H2,1H3. The third-order valence-electron chi connectivity index (χ3n) is 2.89. The lowest BCUT2D eigenvalue weighted by Gasteiger charge is -2.03. The Kier molecular flexibility index (Phi) is 4.41. The molecule has 2 rings (SSSR count). The van der Waals surface area contributed by atoms with Gasteiger partial charge in [0.25, 0.3) is 0 Å². The fraction of sp³-hybridized carbons (Fsp3) is 0.333. The third kappa shape index (κ3) is 3.44. The SMILES string of the molecule is Cn1cc(S(=O)(=O)NCCc2ccsc2)cc1CN. The van der Waals surface area contributed by atoms with E-state index < -0.39 is 10.0 Å². The number of aryl methyl sites for hydroxylation is 1. The zero-order valence-corrected chi connectivity index (χ0v) is 12.3. The van der Waals surface area contributed by atoms with Gasteiger partial charge >= 0.3 is 0 Å². The molecule has 104 valence electrons. The lowest BCUT2D eigenvalue weighted by molar-refractivity contribution is 0.581. The minimum Gasteiger partial charge on any atom is -0.352 e. The first-order valence-electron chi connectivity index (χ1n) is 5.89. The molecule has 0 radical (unpaired) electrons. The van der Waals surface area contributed by atoms with Crippen LogP contribution in [0.3, 0.4) is 0 Å². The predicted octanol–water partition coefficient (Wildman–Crippen LogP) is 1.07. The summed E-state index contributed by atoms with van der Waals surface area (Å²) in [6, 6.07) is 3.60. The summed E-state index contributed by atoms with van der Waals surface area (Å²) >= 11 is 1.61. The summed E-state index contributed by atoms with van der Waals surface area (Å²) in [7, 11) is -1.66. The Hall–Kier alpha value is -1.15. The first kappa shape index (κ1) is 14.3. The van der Waals surface area contributed by atoms with Gasteiger partial charge in [-0.1, -0.05) is 0 Å². The van der Waals surface area contributed by atoms with E-state index in [2.05, 4.69) is 4.72 Å². The molecular weight excluding hydrogens is 282 g/mol. The normalized spacial score (nSPS) is 11.9. The van der Waals surface area contributed by atoms with Gasteiger partial charge in [0.1, 0.15) is 0 Å². The van der Waals surface area contributed by atoms with Crippen molar-refractivity contribution in [3.8, 4) is 0 Å². The first-order valence-corrected chi connectivity index (χ1v) is 8.31. The van der Waals surface area contributed by atoms with Crippen LogP contribution in [0.1, 0.15) is 11.3 Å². The van der Waals surface area contributed by atoms with Crippen LogP contribution in [0.15, 0.2) is 34.0 Å². The first-order chi connectivity index (χ1) is 9.03. The van der Waals surface area contributed by atoms with Crippen LogP contribution < -0.4 is 10.5 Å². The highest BCUT2D eigenvalue weighted by Crippen LogP contribution is 2.13. The predicted molar refractivity (Wildman–Crippen MR) is 76.5 cm³/mol. The van der Waals surface area contributed by atoms with Crippen LogP contribution >= 0.6 is 11.3 Å². The van der Waals surface area contributed by atoms with E-state index in [0.717, 1.165) is 11.3 Å². The monoisotopic (exact) mass is 299 g/mol. The Labute approximate surface area is 117 Å². The maximum Gasteiger partial charge on any atom is 0.242 e. The molecule has 0 saturated heterocycles. The van der Waals surface area contributed by atoms with Crippen LogP contribution in [0.5, 0.6) is 0 Å². The highest BCUT2D eigenvalue weighted by atomic mass is 32.2. The molecule has 0 amide bonds. The lowest BCUT2D eigenvalue weighted by atomic mass is 10.2. The minimum absolute atomic E-state index is 0.265. The number of hydrogen-bond acceptors (Lipinski definition) is 4. The van der Waals surface area contributed by atoms with Crippen LogP contribution in [-0.4, -0.2) is 19.5 Å². The average molecular weight is 299 g/mol. The summed E-state index contributed by atoms with van der Waals surface area (Å²) < 4.78 is 28.5. The van der Waals surface area contributed by atoms with Gasteiger partial charge in [-0.3, -0.25) is 0 Å². The van der Waals surface area contributed by atoms with Crippen molar-refractivity contribution in [2.45, 2.75) is 17.9 Å². The summed E-state index contributed by atoms with van der Waals surface area (Å²) in [6.07, 6.45) is 2.27. The number of rotatable bonds is 6.